The number of hydrogen-bond donors (Lipinski definition) is 2. The third kappa shape index (κ3) is 4.22. The third-order valence-electron chi connectivity index (χ3n) is 2.45. The number of rotatable bonds is 6. The van der Waals surface area contributed by atoms with Crippen molar-refractivity contribution in [1.29, 1.82) is 0 Å². The van der Waals surface area contributed by atoms with Gasteiger partial charge in [0.25, 0.3) is 5.91 Å². The molecule has 0 heterocycles. The van der Waals surface area contributed by atoms with Crippen molar-refractivity contribution in [3.63, 3.8) is 0 Å². The highest BCUT2D eigenvalue weighted by atomic mass is 16.5. The van der Waals surface area contributed by atoms with Crippen molar-refractivity contribution in [2.24, 2.45) is 5.73 Å². The van der Waals surface area contributed by atoms with E-state index in [4.69, 9.17) is 10.5 Å². The van der Waals surface area contributed by atoms with Crippen LogP contribution in [0.15, 0.2) is 36.9 Å². The molecule has 98 valence electrons. The summed E-state index contributed by atoms with van der Waals surface area (Å²) in [4.78, 5) is 11.9. The van der Waals surface area contributed by atoms with Crippen molar-refractivity contribution in [3.8, 4) is 5.75 Å². The molecule has 18 heavy (non-hydrogen) atoms. The summed E-state index contributed by atoms with van der Waals surface area (Å²) < 4.78 is 5.34. The van der Waals surface area contributed by atoms with Gasteiger partial charge in [0.05, 0.1) is 0 Å². The van der Waals surface area contributed by atoms with Gasteiger partial charge in [-0.3, -0.25) is 4.79 Å². The predicted octanol–water partition coefficient (Wildman–Crippen LogP) is 1.72. The molecule has 1 rings (SSSR count). The zero-order valence-electron chi connectivity index (χ0n) is 10.9. The van der Waals surface area contributed by atoms with Crippen LogP contribution in [0.1, 0.15) is 24.2 Å². The predicted molar refractivity (Wildman–Crippen MR) is 72.7 cm³/mol. The maximum Gasteiger partial charge on any atom is 0.251 e. The lowest BCUT2D eigenvalue weighted by Crippen LogP contribution is -2.48. The van der Waals surface area contributed by atoms with E-state index in [1.54, 1.807) is 30.3 Å². The Bertz CT molecular complexity index is 410. The van der Waals surface area contributed by atoms with Crippen LogP contribution in [0.4, 0.5) is 0 Å². The molecule has 0 fully saturated rings. The normalized spacial score (nSPS) is 10.8. The summed E-state index contributed by atoms with van der Waals surface area (Å²) in [6.07, 6.45) is 1.67. The number of carbonyl (C=O) groups is 1. The number of ether oxygens (including phenoxy) is 1. The van der Waals surface area contributed by atoms with Crippen LogP contribution in [0.3, 0.4) is 0 Å². The summed E-state index contributed by atoms with van der Waals surface area (Å²) in [5.74, 6) is 0.574. The Balaban J connectivity index is 2.67. The van der Waals surface area contributed by atoms with Gasteiger partial charge < -0.3 is 15.8 Å². The zero-order valence-corrected chi connectivity index (χ0v) is 10.9. The Kier molecular flexibility index (Phi) is 4.92. The topological polar surface area (TPSA) is 64.3 Å². The van der Waals surface area contributed by atoms with Gasteiger partial charge in [0.1, 0.15) is 12.4 Å². The van der Waals surface area contributed by atoms with Gasteiger partial charge >= 0.3 is 0 Å². The summed E-state index contributed by atoms with van der Waals surface area (Å²) in [6.45, 7) is 8.17. The van der Waals surface area contributed by atoms with Gasteiger partial charge in [-0.1, -0.05) is 12.7 Å². The quantitative estimate of drug-likeness (QED) is 0.753. The molecule has 0 spiro atoms. The largest absolute Gasteiger partial charge is 0.490 e. The number of hydrogen-bond acceptors (Lipinski definition) is 3. The van der Waals surface area contributed by atoms with E-state index in [2.05, 4.69) is 11.9 Å². The number of nitrogens with two attached hydrogens (primary N) is 1. The molecule has 0 aliphatic heterocycles. The Morgan fingerprint density at radius 2 is 2.06 bits per heavy atom. The van der Waals surface area contributed by atoms with E-state index in [0.717, 1.165) is 0 Å². The van der Waals surface area contributed by atoms with Crippen LogP contribution in [0.25, 0.3) is 0 Å². The van der Waals surface area contributed by atoms with Gasteiger partial charge in [0.2, 0.25) is 0 Å². The van der Waals surface area contributed by atoms with Crippen LogP contribution < -0.4 is 15.8 Å². The van der Waals surface area contributed by atoms with Crippen LogP contribution in [-0.4, -0.2) is 24.6 Å². The Morgan fingerprint density at radius 3 is 2.56 bits per heavy atom. The molecule has 1 aromatic rings. The highest BCUT2D eigenvalue weighted by molar-refractivity contribution is 5.94. The molecule has 0 atom stereocenters. The lowest BCUT2D eigenvalue weighted by molar-refractivity contribution is 0.0915. The Hall–Kier alpha value is -1.81. The summed E-state index contributed by atoms with van der Waals surface area (Å²) in [6, 6.07) is 6.96. The van der Waals surface area contributed by atoms with Crippen LogP contribution in [-0.2, 0) is 0 Å². The van der Waals surface area contributed by atoms with E-state index in [1.807, 2.05) is 13.8 Å². The zero-order chi connectivity index (χ0) is 13.6. The molecular formula is C14H20N2O2. The van der Waals surface area contributed by atoms with Crippen molar-refractivity contribution >= 4 is 5.91 Å². The van der Waals surface area contributed by atoms with E-state index in [0.29, 0.717) is 24.5 Å². The SMILES string of the molecule is C=CCOc1ccc(C(=O)NC(C)(C)CN)cc1. The maximum absolute atomic E-state index is 11.9. The number of nitrogens with one attached hydrogen (secondary N) is 1. The fraction of sp³-hybridized carbons (Fsp3) is 0.357. The smallest absolute Gasteiger partial charge is 0.251 e. The average molecular weight is 248 g/mol. The standard InChI is InChI=1S/C14H20N2O2/c1-4-9-18-12-7-5-11(6-8-12)13(17)16-14(2,3)10-15/h4-8H,1,9-10,15H2,2-3H3,(H,16,17). The molecule has 0 saturated carbocycles. The second-order valence-electron chi connectivity index (χ2n) is 4.67. The minimum Gasteiger partial charge on any atom is -0.490 e. The number of carbonyl (C=O) groups excluding carboxylic acids is 1. The molecule has 0 aliphatic carbocycles. The van der Waals surface area contributed by atoms with E-state index in [1.165, 1.54) is 0 Å². The number of amides is 1. The first kappa shape index (κ1) is 14.3. The molecule has 0 saturated heterocycles. The molecule has 1 aromatic carbocycles. The fourth-order valence-electron chi connectivity index (χ4n) is 1.29. The van der Waals surface area contributed by atoms with E-state index in [9.17, 15) is 4.79 Å². The van der Waals surface area contributed by atoms with Gasteiger partial charge in [-0.05, 0) is 38.1 Å². The average Bonchev–Trinajstić information content (AvgIpc) is 2.36. The first-order chi connectivity index (χ1) is 8.48. The van der Waals surface area contributed by atoms with Gasteiger partial charge in [0, 0.05) is 17.6 Å². The molecule has 0 aromatic heterocycles. The lowest BCUT2D eigenvalue weighted by Gasteiger charge is -2.24. The first-order valence-corrected chi connectivity index (χ1v) is 5.85. The van der Waals surface area contributed by atoms with E-state index < -0.39 is 5.54 Å². The second-order valence-corrected chi connectivity index (χ2v) is 4.67. The molecule has 3 N–H and O–H groups in total. The van der Waals surface area contributed by atoms with Crippen molar-refractivity contribution in [1.82, 2.24) is 5.32 Å². The monoisotopic (exact) mass is 248 g/mol. The van der Waals surface area contributed by atoms with Crippen molar-refractivity contribution in [2.45, 2.75) is 19.4 Å². The van der Waals surface area contributed by atoms with Crippen LogP contribution in [0.2, 0.25) is 0 Å². The summed E-state index contributed by atoms with van der Waals surface area (Å²) in [5.41, 5.74) is 5.75. The molecule has 4 nitrogen and oxygen atoms in total. The van der Waals surface area contributed by atoms with E-state index >= 15 is 0 Å². The first-order valence-electron chi connectivity index (χ1n) is 5.85. The fourth-order valence-corrected chi connectivity index (χ4v) is 1.29. The summed E-state index contributed by atoms with van der Waals surface area (Å²) >= 11 is 0. The van der Waals surface area contributed by atoms with Crippen LogP contribution in [0.5, 0.6) is 5.75 Å². The van der Waals surface area contributed by atoms with Crippen molar-refractivity contribution in [3.05, 3.63) is 42.5 Å². The molecular weight excluding hydrogens is 228 g/mol. The molecule has 0 bridgehead atoms. The van der Waals surface area contributed by atoms with Crippen molar-refractivity contribution in [2.75, 3.05) is 13.2 Å². The van der Waals surface area contributed by atoms with Crippen molar-refractivity contribution < 1.29 is 9.53 Å². The molecule has 1 amide bonds. The van der Waals surface area contributed by atoms with E-state index in [-0.39, 0.29) is 5.91 Å². The second kappa shape index (κ2) is 6.21. The van der Waals surface area contributed by atoms with Gasteiger partial charge in [-0.2, -0.15) is 0 Å². The lowest BCUT2D eigenvalue weighted by atomic mass is 10.1. The van der Waals surface area contributed by atoms with Crippen LogP contribution >= 0.6 is 0 Å². The summed E-state index contributed by atoms with van der Waals surface area (Å²) in [5, 5.41) is 2.86. The number of benzene rings is 1. The Labute approximate surface area is 108 Å². The van der Waals surface area contributed by atoms with Gasteiger partial charge in [0.15, 0.2) is 0 Å². The highest BCUT2D eigenvalue weighted by Gasteiger charge is 2.18. The minimum absolute atomic E-state index is 0.138. The van der Waals surface area contributed by atoms with Crippen LogP contribution in [0, 0.1) is 0 Å². The van der Waals surface area contributed by atoms with Gasteiger partial charge in [-0.15, -0.1) is 0 Å². The minimum atomic E-state index is -0.408. The third-order valence-corrected chi connectivity index (χ3v) is 2.45. The maximum atomic E-state index is 11.9. The van der Waals surface area contributed by atoms with Gasteiger partial charge in [-0.25, -0.2) is 0 Å². The molecule has 4 heteroatoms. The highest BCUT2D eigenvalue weighted by Crippen LogP contribution is 2.13. The Morgan fingerprint density at radius 1 is 1.44 bits per heavy atom. The summed E-state index contributed by atoms with van der Waals surface area (Å²) in [7, 11) is 0. The molecule has 0 radical (unpaired) electrons. The molecule has 0 unspecified atom stereocenters. The molecule has 0 aliphatic rings.